The lowest BCUT2D eigenvalue weighted by Crippen LogP contribution is -2.09. The zero-order chi connectivity index (χ0) is 34.2. The molecule has 6 rings (SSSR count). The summed E-state index contributed by atoms with van der Waals surface area (Å²) in [6.07, 6.45) is 4.47. The Bertz CT molecular complexity index is 2070. The average molecular weight is 681 g/mol. The minimum absolute atomic E-state index is 0.463. The van der Waals surface area contributed by atoms with Gasteiger partial charge in [-0.2, -0.15) is 0 Å². The van der Waals surface area contributed by atoms with Gasteiger partial charge in [-0.3, -0.25) is 0 Å². The van der Waals surface area contributed by atoms with Crippen molar-refractivity contribution in [2.24, 2.45) is 0 Å². The second kappa shape index (κ2) is 15.3. The Hall–Kier alpha value is -5.96. The third-order valence-electron chi connectivity index (χ3n) is 7.53. The summed E-state index contributed by atoms with van der Waals surface area (Å²) in [5.74, 6) is -0.0539. The smallest absolute Gasteiger partial charge is 0.335 e. The van der Waals surface area contributed by atoms with E-state index in [9.17, 15) is 9.59 Å². The summed E-state index contributed by atoms with van der Waals surface area (Å²) in [5, 5.41) is 6.24. The average Bonchev–Trinajstić information content (AvgIpc) is 3.87. The second-order valence-corrected chi connectivity index (χ2v) is 12.6. The number of ether oxygens (including phenoxy) is 2. The van der Waals surface area contributed by atoms with Crippen molar-refractivity contribution in [3.05, 3.63) is 169 Å². The van der Waals surface area contributed by atoms with Crippen molar-refractivity contribution in [2.45, 2.75) is 6.92 Å². The van der Waals surface area contributed by atoms with Crippen LogP contribution in [0.5, 0.6) is 11.5 Å². The topological polar surface area (TPSA) is 59.1 Å². The molecule has 0 atom stereocenters. The van der Waals surface area contributed by atoms with Crippen LogP contribution in [-0.4, -0.2) is 11.9 Å². The SMILES string of the molecule is C=CC(=O)Oc1ccc(N(c2ccc(C=C(C)c3ccc(N(c4ccc(OC(=O)C=C)cc4)c4cccs4)cc3)cc2)c2cccs2)cc1. The van der Waals surface area contributed by atoms with E-state index in [2.05, 4.69) is 96.6 Å². The Morgan fingerprint density at radius 2 is 0.959 bits per heavy atom. The zero-order valence-electron chi connectivity index (χ0n) is 26.7. The molecule has 0 aliphatic carbocycles. The van der Waals surface area contributed by atoms with Gasteiger partial charge in [0.05, 0.1) is 10.0 Å². The predicted molar refractivity (Wildman–Crippen MR) is 203 cm³/mol. The Balaban J connectivity index is 1.21. The summed E-state index contributed by atoms with van der Waals surface area (Å²) < 4.78 is 10.5. The number of rotatable bonds is 12. The maximum Gasteiger partial charge on any atom is 0.335 e. The lowest BCUT2D eigenvalue weighted by molar-refractivity contribution is -0.129. The van der Waals surface area contributed by atoms with E-state index < -0.39 is 11.9 Å². The number of hydrogen-bond donors (Lipinski definition) is 0. The molecule has 0 aliphatic heterocycles. The molecule has 0 N–H and O–H groups in total. The molecule has 0 unspecified atom stereocenters. The van der Waals surface area contributed by atoms with Gasteiger partial charge in [0.1, 0.15) is 11.5 Å². The molecule has 0 amide bonds. The van der Waals surface area contributed by atoms with Crippen LogP contribution in [0.1, 0.15) is 18.1 Å². The summed E-state index contributed by atoms with van der Waals surface area (Å²) in [5.41, 5.74) is 7.25. The van der Waals surface area contributed by atoms with E-state index >= 15 is 0 Å². The van der Waals surface area contributed by atoms with E-state index in [1.165, 1.54) is 0 Å². The molecule has 0 bridgehead atoms. The Labute approximate surface area is 293 Å². The minimum atomic E-state index is -0.490. The third kappa shape index (κ3) is 7.96. The monoisotopic (exact) mass is 680 g/mol. The molecule has 0 spiro atoms. The summed E-state index contributed by atoms with van der Waals surface area (Å²) in [6.45, 7) is 9.03. The molecule has 0 saturated heterocycles. The van der Waals surface area contributed by atoms with E-state index in [1.807, 2.05) is 47.2 Å². The summed E-state index contributed by atoms with van der Waals surface area (Å²) >= 11 is 3.29. The van der Waals surface area contributed by atoms with Crippen molar-refractivity contribution in [1.29, 1.82) is 0 Å². The standard InChI is InChI=1S/C41H32N2O4S2/c1-4-40(44)46-36-22-18-34(19-23-36)42(38-8-6-26-48-38)32-14-10-30(11-15-32)28-29(3)31-12-16-33(17-13-31)43(39-9-7-27-49-39)35-20-24-37(25-21-35)47-41(45)5-2/h4-28H,1-2H2,3H3. The molecule has 6 nitrogen and oxygen atoms in total. The molecule has 2 aromatic heterocycles. The molecule has 2 heterocycles. The van der Waals surface area contributed by atoms with Gasteiger partial charge in [0, 0.05) is 34.9 Å². The van der Waals surface area contributed by atoms with Gasteiger partial charge >= 0.3 is 11.9 Å². The van der Waals surface area contributed by atoms with Crippen LogP contribution in [0.25, 0.3) is 11.6 Å². The number of nitrogens with zero attached hydrogens (tertiary/aromatic N) is 2. The van der Waals surface area contributed by atoms with Crippen molar-refractivity contribution >= 4 is 79.0 Å². The highest BCUT2D eigenvalue weighted by Crippen LogP contribution is 2.40. The van der Waals surface area contributed by atoms with Crippen molar-refractivity contribution in [3.63, 3.8) is 0 Å². The molecule has 0 fully saturated rings. The molecular weight excluding hydrogens is 649 g/mol. The Kier molecular flexibility index (Phi) is 10.3. The number of esters is 2. The van der Waals surface area contributed by atoms with Gasteiger partial charge in [0.2, 0.25) is 0 Å². The Morgan fingerprint density at radius 3 is 1.33 bits per heavy atom. The number of benzene rings is 4. The van der Waals surface area contributed by atoms with Crippen molar-refractivity contribution in [1.82, 2.24) is 0 Å². The number of thiophene rings is 2. The maximum absolute atomic E-state index is 11.6. The summed E-state index contributed by atoms with van der Waals surface area (Å²) in [4.78, 5) is 27.6. The van der Waals surface area contributed by atoms with Crippen LogP contribution in [0.2, 0.25) is 0 Å². The number of anilines is 6. The lowest BCUT2D eigenvalue weighted by Gasteiger charge is -2.24. The van der Waals surface area contributed by atoms with Gasteiger partial charge in [0.25, 0.3) is 0 Å². The molecule has 6 aromatic rings. The van der Waals surface area contributed by atoms with Gasteiger partial charge in [0.15, 0.2) is 0 Å². The van der Waals surface area contributed by atoms with Gasteiger partial charge in [-0.05, 0) is 131 Å². The second-order valence-electron chi connectivity index (χ2n) is 10.8. The first kappa shape index (κ1) is 33.0. The fourth-order valence-corrected chi connectivity index (χ4v) is 6.71. The number of hydrogen-bond acceptors (Lipinski definition) is 8. The van der Waals surface area contributed by atoms with E-state index in [4.69, 9.17) is 9.47 Å². The molecule has 4 aromatic carbocycles. The normalized spacial score (nSPS) is 11.0. The third-order valence-corrected chi connectivity index (χ3v) is 9.24. The molecular formula is C41H32N2O4S2. The molecule has 0 radical (unpaired) electrons. The summed E-state index contributed by atoms with van der Waals surface area (Å²) in [7, 11) is 0. The summed E-state index contributed by atoms with van der Waals surface area (Å²) in [6, 6.07) is 40.0. The quantitative estimate of drug-likeness (QED) is 0.0555. The molecule has 0 aliphatic rings. The molecule has 0 saturated carbocycles. The van der Waals surface area contributed by atoms with Crippen molar-refractivity contribution in [3.8, 4) is 11.5 Å². The van der Waals surface area contributed by atoms with Gasteiger partial charge in [-0.25, -0.2) is 9.59 Å². The molecule has 242 valence electrons. The fraction of sp³-hybridized carbons (Fsp3) is 0.0244. The number of allylic oxidation sites excluding steroid dienone is 1. The molecule has 49 heavy (non-hydrogen) atoms. The lowest BCUT2D eigenvalue weighted by atomic mass is 10.0. The first-order chi connectivity index (χ1) is 23.9. The Morgan fingerprint density at radius 1 is 0.571 bits per heavy atom. The zero-order valence-corrected chi connectivity index (χ0v) is 28.3. The van der Waals surface area contributed by atoms with E-state index in [-0.39, 0.29) is 0 Å². The van der Waals surface area contributed by atoms with Gasteiger partial charge < -0.3 is 19.3 Å². The highest BCUT2D eigenvalue weighted by Gasteiger charge is 2.16. The van der Waals surface area contributed by atoms with Gasteiger partial charge in [-0.15, -0.1) is 22.7 Å². The van der Waals surface area contributed by atoms with Crippen LogP contribution >= 0.6 is 22.7 Å². The van der Waals surface area contributed by atoms with Crippen LogP contribution in [0, 0.1) is 0 Å². The van der Waals surface area contributed by atoms with Crippen LogP contribution in [0.4, 0.5) is 32.8 Å². The van der Waals surface area contributed by atoms with Crippen LogP contribution in [0.3, 0.4) is 0 Å². The van der Waals surface area contributed by atoms with Crippen LogP contribution in [0.15, 0.2) is 157 Å². The van der Waals surface area contributed by atoms with E-state index in [1.54, 1.807) is 46.9 Å². The minimum Gasteiger partial charge on any atom is -0.423 e. The van der Waals surface area contributed by atoms with E-state index in [0.29, 0.717) is 11.5 Å². The molecule has 8 heteroatoms. The van der Waals surface area contributed by atoms with Crippen LogP contribution < -0.4 is 19.3 Å². The van der Waals surface area contributed by atoms with Crippen molar-refractivity contribution in [2.75, 3.05) is 9.80 Å². The fourth-order valence-electron chi connectivity index (χ4n) is 5.17. The largest absolute Gasteiger partial charge is 0.423 e. The maximum atomic E-state index is 11.6. The first-order valence-corrected chi connectivity index (χ1v) is 17.1. The van der Waals surface area contributed by atoms with Gasteiger partial charge in [-0.1, -0.05) is 43.5 Å². The highest BCUT2D eigenvalue weighted by atomic mass is 32.1. The van der Waals surface area contributed by atoms with E-state index in [0.717, 1.165) is 61.6 Å². The number of carbonyl (C=O) groups excluding carboxylic acids is 2. The van der Waals surface area contributed by atoms with Crippen LogP contribution in [-0.2, 0) is 9.59 Å². The van der Waals surface area contributed by atoms with Crippen molar-refractivity contribution < 1.29 is 19.1 Å². The number of carbonyl (C=O) groups is 2. The highest BCUT2D eigenvalue weighted by molar-refractivity contribution is 7.14. The first-order valence-electron chi connectivity index (χ1n) is 15.4. The predicted octanol–water partition coefficient (Wildman–Crippen LogP) is 11.5.